The molecular weight excluding hydrogens is 264 g/mol. The van der Waals surface area contributed by atoms with Crippen molar-refractivity contribution < 1.29 is 14.3 Å². The highest BCUT2D eigenvalue weighted by molar-refractivity contribution is 7.14. The largest absolute Gasteiger partial charge is 0.497 e. The van der Waals surface area contributed by atoms with Gasteiger partial charge in [-0.05, 0) is 12.1 Å². The maximum Gasteiger partial charge on any atom is 0.230 e. The van der Waals surface area contributed by atoms with Gasteiger partial charge in [0.05, 0.1) is 12.8 Å². The van der Waals surface area contributed by atoms with E-state index in [1.54, 1.807) is 36.8 Å². The lowest BCUT2D eigenvalue weighted by atomic mass is 10.3. The van der Waals surface area contributed by atoms with Gasteiger partial charge in [-0.25, -0.2) is 4.98 Å². The number of carbonyl (C=O) groups is 2. The Labute approximate surface area is 114 Å². The Morgan fingerprint density at radius 1 is 1.47 bits per heavy atom. The van der Waals surface area contributed by atoms with Crippen molar-refractivity contribution in [2.24, 2.45) is 0 Å². The first kappa shape index (κ1) is 13.2. The van der Waals surface area contributed by atoms with Gasteiger partial charge in [-0.3, -0.25) is 14.5 Å². The average Bonchev–Trinajstić information content (AvgIpc) is 2.87. The van der Waals surface area contributed by atoms with E-state index in [0.29, 0.717) is 28.5 Å². The Hall–Kier alpha value is -2.21. The van der Waals surface area contributed by atoms with Gasteiger partial charge < -0.3 is 4.74 Å². The van der Waals surface area contributed by atoms with Gasteiger partial charge in [-0.15, -0.1) is 11.3 Å². The molecule has 0 unspecified atom stereocenters. The van der Waals surface area contributed by atoms with Crippen LogP contribution in [-0.4, -0.2) is 24.3 Å². The molecule has 1 aromatic heterocycles. The second kappa shape index (κ2) is 5.62. The van der Waals surface area contributed by atoms with E-state index < -0.39 is 0 Å². The number of carbonyl (C=O) groups excluding carboxylic acids is 2. The van der Waals surface area contributed by atoms with Crippen molar-refractivity contribution in [1.82, 2.24) is 4.98 Å². The molecule has 0 radical (unpaired) electrons. The first-order valence-electron chi connectivity index (χ1n) is 5.51. The molecule has 6 heteroatoms. The molecule has 0 fully saturated rings. The summed E-state index contributed by atoms with van der Waals surface area (Å²) in [6.45, 7) is 1.45. The number of amides is 1. The predicted octanol–water partition coefficient (Wildman–Crippen LogP) is 2.65. The van der Waals surface area contributed by atoms with Gasteiger partial charge in [0.15, 0.2) is 11.4 Å². The number of aromatic nitrogens is 1. The highest BCUT2D eigenvalue weighted by atomic mass is 32.1. The molecule has 1 aromatic carbocycles. The summed E-state index contributed by atoms with van der Waals surface area (Å²) in [5.41, 5.74) is 0.966. The zero-order chi connectivity index (χ0) is 13.8. The number of thiazole rings is 1. The molecule has 0 bridgehead atoms. The quantitative estimate of drug-likeness (QED) is 0.805. The van der Waals surface area contributed by atoms with E-state index >= 15 is 0 Å². The summed E-state index contributed by atoms with van der Waals surface area (Å²) >= 11 is 1.24. The third kappa shape index (κ3) is 2.79. The van der Waals surface area contributed by atoms with E-state index in [1.807, 2.05) is 0 Å². The molecule has 0 aliphatic heterocycles. The minimum Gasteiger partial charge on any atom is -0.497 e. The van der Waals surface area contributed by atoms with E-state index in [-0.39, 0.29) is 5.91 Å². The zero-order valence-corrected chi connectivity index (χ0v) is 11.3. The van der Waals surface area contributed by atoms with Crippen molar-refractivity contribution in [3.05, 3.63) is 35.3 Å². The molecule has 0 atom stereocenters. The summed E-state index contributed by atoms with van der Waals surface area (Å²) in [7, 11) is 1.56. The fourth-order valence-corrected chi connectivity index (χ4v) is 2.44. The smallest absolute Gasteiger partial charge is 0.230 e. The molecule has 2 rings (SSSR count). The monoisotopic (exact) mass is 276 g/mol. The van der Waals surface area contributed by atoms with Crippen LogP contribution < -0.4 is 9.64 Å². The number of rotatable bonds is 4. The normalized spacial score (nSPS) is 10.0. The summed E-state index contributed by atoms with van der Waals surface area (Å²) in [5.74, 6) is 0.468. The lowest BCUT2D eigenvalue weighted by Crippen LogP contribution is -2.22. The lowest BCUT2D eigenvalue weighted by molar-refractivity contribution is -0.115. The van der Waals surface area contributed by atoms with Gasteiger partial charge in [0.25, 0.3) is 0 Å². The Morgan fingerprint density at radius 2 is 2.26 bits per heavy atom. The summed E-state index contributed by atoms with van der Waals surface area (Å²) in [5, 5.41) is 2.07. The van der Waals surface area contributed by atoms with Crippen LogP contribution in [0.1, 0.15) is 17.4 Å². The van der Waals surface area contributed by atoms with E-state index in [2.05, 4.69) is 4.98 Å². The Bertz CT molecular complexity index is 609. The molecule has 1 heterocycles. The third-order valence-electron chi connectivity index (χ3n) is 2.45. The summed E-state index contributed by atoms with van der Waals surface area (Å²) in [6, 6.07) is 7.11. The number of hydrogen-bond donors (Lipinski definition) is 0. The number of anilines is 2. The van der Waals surface area contributed by atoms with Gasteiger partial charge in [0.2, 0.25) is 5.91 Å². The molecule has 1 amide bonds. The molecule has 2 aromatic rings. The molecule has 19 heavy (non-hydrogen) atoms. The Kier molecular flexibility index (Phi) is 3.91. The van der Waals surface area contributed by atoms with E-state index in [0.717, 1.165) is 0 Å². The van der Waals surface area contributed by atoms with Crippen LogP contribution in [-0.2, 0) is 4.79 Å². The predicted molar refractivity (Wildman–Crippen MR) is 73.3 cm³/mol. The third-order valence-corrected chi connectivity index (χ3v) is 3.29. The Morgan fingerprint density at radius 3 is 2.84 bits per heavy atom. The average molecular weight is 276 g/mol. The second-order valence-electron chi connectivity index (χ2n) is 3.73. The SMILES string of the molecule is COc1cccc(N(C(C)=O)c2nc(C=O)cs2)c1. The zero-order valence-electron chi connectivity index (χ0n) is 10.5. The van der Waals surface area contributed by atoms with Gasteiger partial charge in [0.1, 0.15) is 11.4 Å². The van der Waals surface area contributed by atoms with Crippen molar-refractivity contribution >= 4 is 34.3 Å². The number of nitrogens with zero attached hydrogens (tertiary/aromatic N) is 2. The van der Waals surface area contributed by atoms with Crippen molar-refractivity contribution in [3.63, 3.8) is 0 Å². The first-order chi connectivity index (χ1) is 9.15. The molecule has 5 nitrogen and oxygen atoms in total. The van der Waals surface area contributed by atoms with Crippen molar-refractivity contribution in [3.8, 4) is 5.75 Å². The minimum absolute atomic E-state index is 0.181. The van der Waals surface area contributed by atoms with Crippen LogP contribution in [0.3, 0.4) is 0 Å². The van der Waals surface area contributed by atoms with Crippen LogP contribution in [0.15, 0.2) is 29.6 Å². The van der Waals surface area contributed by atoms with Gasteiger partial charge in [-0.1, -0.05) is 6.07 Å². The van der Waals surface area contributed by atoms with Crippen LogP contribution in [0.25, 0.3) is 0 Å². The van der Waals surface area contributed by atoms with Crippen LogP contribution >= 0.6 is 11.3 Å². The van der Waals surface area contributed by atoms with Gasteiger partial charge in [0, 0.05) is 18.4 Å². The number of benzene rings is 1. The Balaban J connectivity index is 2.44. The maximum atomic E-state index is 11.8. The number of methoxy groups -OCH3 is 1. The van der Waals surface area contributed by atoms with Crippen molar-refractivity contribution in [2.45, 2.75) is 6.92 Å². The highest BCUT2D eigenvalue weighted by Crippen LogP contribution is 2.30. The van der Waals surface area contributed by atoms with E-state index in [9.17, 15) is 9.59 Å². The number of aldehydes is 1. The maximum absolute atomic E-state index is 11.8. The molecule has 0 saturated carbocycles. The first-order valence-corrected chi connectivity index (χ1v) is 6.39. The molecule has 0 aliphatic carbocycles. The van der Waals surface area contributed by atoms with Crippen LogP contribution in [0.2, 0.25) is 0 Å². The topological polar surface area (TPSA) is 59.5 Å². The fourth-order valence-electron chi connectivity index (χ4n) is 1.61. The summed E-state index contributed by atoms with van der Waals surface area (Å²) in [4.78, 5) is 28.0. The van der Waals surface area contributed by atoms with Crippen LogP contribution in [0.4, 0.5) is 10.8 Å². The molecule has 0 spiro atoms. The molecule has 0 N–H and O–H groups in total. The van der Waals surface area contributed by atoms with Crippen LogP contribution in [0.5, 0.6) is 5.75 Å². The van der Waals surface area contributed by atoms with Gasteiger partial charge >= 0.3 is 0 Å². The number of ether oxygens (including phenoxy) is 1. The standard InChI is InChI=1S/C13H12N2O3S/c1-9(17)15(13-14-10(7-16)8-19-13)11-4-3-5-12(6-11)18-2/h3-8H,1-2H3. The fraction of sp³-hybridized carbons (Fsp3) is 0.154. The van der Waals surface area contributed by atoms with Crippen molar-refractivity contribution in [2.75, 3.05) is 12.0 Å². The van der Waals surface area contributed by atoms with E-state index in [1.165, 1.54) is 23.2 Å². The molecule has 0 saturated heterocycles. The summed E-state index contributed by atoms with van der Waals surface area (Å²) < 4.78 is 5.14. The highest BCUT2D eigenvalue weighted by Gasteiger charge is 2.18. The van der Waals surface area contributed by atoms with Crippen LogP contribution in [0, 0.1) is 0 Å². The molecular formula is C13H12N2O3S. The van der Waals surface area contributed by atoms with Gasteiger partial charge in [-0.2, -0.15) is 0 Å². The second-order valence-corrected chi connectivity index (χ2v) is 4.57. The van der Waals surface area contributed by atoms with E-state index in [4.69, 9.17) is 4.74 Å². The molecule has 98 valence electrons. The lowest BCUT2D eigenvalue weighted by Gasteiger charge is -2.18. The minimum atomic E-state index is -0.181. The van der Waals surface area contributed by atoms with Crippen molar-refractivity contribution in [1.29, 1.82) is 0 Å². The molecule has 0 aliphatic rings. The number of hydrogen-bond acceptors (Lipinski definition) is 5. The summed E-state index contributed by atoms with van der Waals surface area (Å²) in [6.07, 6.45) is 0.657.